The van der Waals surface area contributed by atoms with Gasteiger partial charge in [-0.1, -0.05) is 31.9 Å². The Labute approximate surface area is 130 Å². The van der Waals surface area contributed by atoms with Crippen LogP contribution < -0.4 is 4.74 Å². The third-order valence-corrected chi connectivity index (χ3v) is 4.20. The molecule has 0 saturated heterocycles. The van der Waals surface area contributed by atoms with Crippen molar-refractivity contribution in [3.05, 3.63) is 29.3 Å². The summed E-state index contributed by atoms with van der Waals surface area (Å²) >= 11 is 0. The van der Waals surface area contributed by atoms with Crippen LogP contribution in [0.25, 0.3) is 0 Å². The van der Waals surface area contributed by atoms with Gasteiger partial charge in [0.2, 0.25) is 0 Å². The maximum Gasteiger partial charge on any atom is 0.322 e. The molecule has 1 atom stereocenters. The first-order valence-corrected chi connectivity index (χ1v) is 7.86. The summed E-state index contributed by atoms with van der Waals surface area (Å²) in [5, 5.41) is 27.8. The van der Waals surface area contributed by atoms with E-state index in [1.54, 1.807) is 6.07 Å². The zero-order valence-corrected chi connectivity index (χ0v) is 12.9. The molecule has 5 nitrogen and oxygen atoms in total. The van der Waals surface area contributed by atoms with Gasteiger partial charge >= 0.3 is 11.9 Å². The van der Waals surface area contributed by atoms with Crippen LogP contribution in [0.3, 0.4) is 0 Å². The van der Waals surface area contributed by atoms with Crippen molar-refractivity contribution in [2.24, 2.45) is 0 Å². The van der Waals surface area contributed by atoms with Crippen molar-refractivity contribution in [3.8, 4) is 5.75 Å². The Morgan fingerprint density at radius 2 is 2.09 bits per heavy atom. The van der Waals surface area contributed by atoms with E-state index >= 15 is 0 Å². The van der Waals surface area contributed by atoms with Gasteiger partial charge in [-0.3, -0.25) is 4.79 Å². The molecule has 1 aliphatic heterocycles. The van der Waals surface area contributed by atoms with Crippen LogP contribution in [0.1, 0.15) is 62.5 Å². The molecule has 0 fully saturated rings. The standard InChI is InChI=1S/C17H24O5/c1-12(6-3-2-4-9-16(18)19)13-7-5-8-15-14(13)10-11-17(20,21)22-15/h5,7-8,12,20-21H,2-4,6,9-11H2,1H3,(H,18,19). The lowest BCUT2D eigenvalue weighted by Gasteiger charge is -2.31. The van der Waals surface area contributed by atoms with Gasteiger partial charge in [0.25, 0.3) is 0 Å². The molecule has 122 valence electrons. The molecule has 22 heavy (non-hydrogen) atoms. The first-order chi connectivity index (χ1) is 10.4. The van der Waals surface area contributed by atoms with Gasteiger partial charge in [-0.15, -0.1) is 0 Å². The Hall–Kier alpha value is -1.59. The Kier molecular flexibility index (Phi) is 5.42. The van der Waals surface area contributed by atoms with E-state index in [2.05, 4.69) is 13.0 Å². The highest BCUT2D eigenvalue weighted by molar-refractivity contribution is 5.66. The minimum absolute atomic E-state index is 0.169. The van der Waals surface area contributed by atoms with Crippen molar-refractivity contribution < 1.29 is 24.9 Å². The lowest BCUT2D eigenvalue weighted by molar-refractivity contribution is -0.300. The lowest BCUT2D eigenvalue weighted by atomic mass is 9.88. The van der Waals surface area contributed by atoms with Crippen molar-refractivity contribution in [2.75, 3.05) is 0 Å². The molecule has 1 aromatic carbocycles. The van der Waals surface area contributed by atoms with Gasteiger partial charge in [0.1, 0.15) is 5.75 Å². The molecule has 2 rings (SSSR count). The molecule has 1 unspecified atom stereocenters. The van der Waals surface area contributed by atoms with Gasteiger partial charge in [-0.25, -0.2) is 0 Å². The molecular formula is C17H24O5. The number of benzene rings is 1. The van der Waals surface area contributed by atoms with Crippen LogP contribution >= 0.6 is 0 Å². The number of carbonyl (C=O) groups is 1. The van der Waals surface area contributed by atoms with Gasteiger partial charge < -0.3 is 20.1 Å². The maximum atomic E-state index is 10.5. The van der Waals surface area contributed by atoms with E-state index in [1.807, 2.05) is 6.07 Å². The molecule has 3 N–H and O–H groups in total. The number of unbranched alkanes of at least 4 members (excludes halogenated alkanes) is 2. The Bertz CT molecular complexity index is 524. The quantitative estimate of drug-likeness (QED) is 0.532. The van der Waals surface area contributed by atoms with Crippen LogP contribution in [0.5, 0.6) is 5.75 Å². The number of ether oxygens (including phenoxy) is 1. The van der Waals surface area contributed by atoms with Crippen molar-refractivity contribution >= 4 is 5.97 Å². The Morgan fingerprint density at radius 1 is 1.32 bits per heavy atom. The molecule has 0 amide bonds. The third-order valence-electron chi connectivity index (χ3n) is 4.20. The highest BCUT2D eigenvalue weighted by Crippen LogP contribution is 2.37. The van der Waals surface area contributed by atoms with Crippen LogP contribution in [0.2, 0.25) is 0 Å². The number of rotatable bonds is 7. The SMILES string of the molecule is CC(CCCCCC(=O)O)c1cccc2c1CCC(O)(O)O2. The monoisotopic (exact) mass is 308 g/mol. The van der Waals surface area contributed by atoms with Crippen molar-refractivity contribution in [1.82, 2.24) is 0 Å². The minimum Gasteiger partial charge on any atom is -0.481 e. The van der Waals surface area contributed by atoms with Crippen molar-refractivity contribution in [2.45, 2.75) is 63.8 Å². The average molecular weight is 308 g/mol. The summed E-state index contributed by atoms with van der Waals surface area (Å²) in [5.74, 6) is -1.91. The summed E-state index contributed by atoms with van der Waals surface area (Å²) in [6.07, 6.45) is 4.60. The Balaban J connectivity index is 1.93. The second kappa shape index (κ2) is 7.11. The molecule has 0 aromatic heterocycles. The minimum atomic E-state index is -2.06. The molecule has 0 aliphatic carbocycles. The highest BCUT2D eigenvalue weighted by Gasteiger charge is 2.32. The van der Waals surface area contributed by atoms with Crippen molar-refractivity contribution in [1.29, 1.82) is 0 Å². The van der Waals surface area contributed by atoms with Crippen LogP contribution in [0.4, 0.5) is 0 Å². The first-order valence-electron chi connectivity index (χ1n) is 7.86. The van der Waals surface area contributed by atoms with E-state index < -0.39 is 11.9 Å². The predicted octanol–water partition coefficient (Wildman–Crippen LogP) is 2.79. The fourth-order valence-electron chi connectivity index (χ4n) is 2.98. The van der Waals surface area contributed by atoms with Gasteiger partial charge in [-0.05, 0) is 42.4 Å². The zero-order chi connectivity index (χ0) is 16.2. The molecular weight excluding hydrogens is 284 g/mol. The number of fused-ring (bicyclic) bond motifs is 1. The van der Waals surface area contributed by atoms with Gasteiger partial charge in [0, 0.05) is 12.8 Å². The Morgan fingerprint density at radius 3 is 2.82 bits per heavy atom. The van der Waals surface area contributed by atoms with E-state index in [4.69, 9.17) is 9.84 Å². The number of aliphatic hydroxyl groups is 2. The molecule has 5 heteroatoms. The summed E-state index contributed by atoms with van der Waals surface area (Å²) in [7, 11) is 0. The van der Waals surface area contributed by atoms with Gasteiger partial charge in [-0.2, -0.15) is 0 Å². The molecule has 1 aromatic rings. The molecule has 1 aliphatic rings. The van der Waals surface area contributed by atoms with Crippen LogP contribution in [0, 0.1) is 0 Å². The predicted molar refractivity (Wildman–Crippen MR) is 81.7 cm³/mol. The fraction of sp³-hybridized carbons (Fsp3) is 0.588. The molecule has 0 radical (unpaired) electrons. The summed E-state index contributed by atoms with van der Waals surface area (Å²) in [4.78, 5) is 10.5. The smallest absolute Gasteiger partial charge is 0.322 e. The van der Waals surface area contributed by atoms with E-state index in [0.29, 0.717) is 18.1 Å². The second-order valence-electron chi connectivity index (χ2n) is 6.06. The third kappa shape index (κ3) is 4.45. The summed E-state index contributed by atoms with van der Waals surface area (Å²) in [6.45, 7) is 2.15. The largest absolute Gasteiger partial charge is 0.481 e. The number of aliphatic carboxylic acids is 1. The summed E-state index contributed by atoms with van der Waals surface area (Å²) in [5.41, 5.74) is 2.24. The van der Waals surface area contributed by atoms with E-state index in [-0.39, 0.29) is 12.8 Å². The average Bonchev–Trinajstić information content (AvgIpc) is 2.44. The maximum absolute atomic E-state index is 10.5. The fourth-order valence-corrected chi connectivity index (χ4v) is 2.98. The van der Waals surface area contributed by atoms with Crippen LogP contribution in [-0.4, -0.2) is 27.3 Å². The summed E-state index contributed by atoms with van der Waals surface area (Å²) < 4.78 is 5.23. The van der Waals surface area contributed by atoms with E-state index in [1.165, 1.54) is 5.56 Å². The number of carboxylic acids is 1. The van der Waals surface area contributed by atoms with Gasteiger partial charge in [0.15, 0.2) is 0 Å². The second-order valence-corrected chi connectivity index (χ2v) is 6.06. The van der Waals surface area contributed by atoms with Crippen molar-refractivity contribution in [3.63, 3.8) is 0 Å². The molecule has 0 bridgehead atoms. The molecule has 1 heterocycles. The van der Waals surface area contributed by atoms with Crippen LogP contribution in [-0.2, 0) is 11.2 Å². The highest BCUT2D eigenvalue weighted by atomic mass is 16.8. The lowest BCUT2D eigenvalue weighted by Crippen LogP contribution is -2.39. The molecule has 0 saturated carbocycles. The first kappa shape index (κ1) is 16.8. The molecule has 0 spiro atoms. The summed E-state index contributed by atoms with van der Waals surface area (Å²) in [6, 6.07) is 5.70. The zero-order valence-electron chi connectivity index (χ0n) is 12.9. The number of carboxylic acid groups (broad SMARTS) is 1. The number of hydrogen-bond acceptors (Lipinski definition) is 4. The topological polar surface area (TPSA) is 87.0 Å². The number of hydrogen-bond donors (Lipinski definition) is 3. The van der Waals surface area contributed by atoms with E-state index in [9.17, 15) is 15.0 Å². The van der Waals surface area contributed by atoms with Gasteiger partial charge in [0.05, 0.1) is 0 Å². The normalized spacial score (nSPS) is 17.4. The van der Waals surface area contributed by atoms with E-state index in [0.717, 1.165) is 31.2 Å². The van der Waals surface area contributed by atoms with Crippen LogP contribution in [0.15, 0.2) is 18.2 Å².